The maximum Gasteiger partial charge on any atom is 0.266 e. The largest absolute Gasteiger partial charge is 0.364 e. The third kappa shape index (κ3) is 3.85. The van der Waals surface area contributed by atoms with Gasteiger partial charge in [-0.25, -0.2) is 17.8 Å². The summed E-state index contributed by atoms with van der Waals surface area (Å²) in [5.41, 5.74) is 6.06. The summed E-state index contributed by atoms with van der Waals surface area (Å²) < 4.78 is 28.6. The van der Waals surface area contributed by atoms with Gasteiger partial charge in [-0.05, 0) is 24.3 Å². The van der Waals surface area contributed by atoms with Gasteiger partial charge in [0.2, 0.25) is 10.0 Å². The summed E-state index contributed by atoms with van der Waals surface area (Å²) >= 11 is 1.11. The van der Waals surface area contributed by atoms with Crippen LogP contribution in [0.2, 0.25) is 0 Å². The van der Waals surface area contributed by atoms with Crippen molar-refractivity contribution in [2.45, 2.75) is 10.8 Å². The van der Waals surface area contributed by atoms with E-state index in [0.29, 0.717) is 11.4 Å². The molecule has 3 heterocycles. The highest BCUT2D eigenvalue weighted by molar-refractivity contribution is 7.91. The van der Waals surface area contributed by atoms with E-state index in [2.05, 4.69) is 26.6 Å². The van der Waals surface area contributed by atoms with Crippen LogP contribution in [0.25, 0.3) is 16.3 Å². The Morgan fingerprint density at radius 2 is 2.12 bits per heavy atom. The van der Waals surface area contributed by atoms with Crippen molar-refractivity contribution in [1.29, 1.82) is 0 Å². The fourth-order valence-corrected chi connectivity index (χ4v) is 4.30. The van der Waals surface area contributed by atoms with Gasteiger partial charge >= 0.3 is 0 Å². The number of carbonyl (C=O) groups is 1. The van der Waals surface area contributed by atoms with Crippen LogP contribution in [0.1, 0.15) is 5.69 Å². The van der Waals surface area contributed by atoms with Crippen LogP contribution < -0.4 is 10.5 Å². The number of amides is 1. The van der Waals surface area contributed by atoms with Crippen LogP contribution in [0, 0.1) is 0 Å². The van der Waals surface area contributed by atoms with Crippen molar-refractivity contribution >= 4 is 33.0 Å². The molecule has 0 saturated heterocycles. The molecule has 0 atom stereocenters. The average molecular weight is 390 g/mol. The van der Waals surface area contributed by atoms with Gasteiger partial charge in [0.05, 0.1) is 29.0 Å². The van der Waals surface area contributed by atoms with Gasteiger partial charge < -0.3 is 5.73 Å². The highest BCUT2D eigenvalue weighted by Crippen LogP contribution is 2.29. The number of hydrogen-bond donors (Lipinski definition) is 2. The molecule has 0 saturated carbocycles. The van der Waals surface area contributed by atoms with Crippen LogP contribution in [0.4, 0.5) is 0 Å². The molecular formula is C15H14N6O3S2. The summed E-state index contributed by atoms with van der Waals surface area (Å²) in [7, 11) is -3.72. The van der Waals surface area contributed by atoms with Crippen LogP contribution in [0.15, 0.2) is 53.5 Å². The lowest BCUT2D eigenvalue weighted by Crippen LogP contribution is -2.22. The normalized spacial score (nSPS) is 11.4. The van der Waals surface area contributed by atoms with Crippen molar-refractivity contribution in [1.82, 2.24) is 24.7 Å². The van der Waals surface area contributed by atoms with E-state index in [1.165, 1.54) is 12.3 Å². The fourth-order valence-electron chi connectivity index (χ4n) is 1.98. The third-order valence-corrected chi connectivity index (χ3v) is 6.31. The molecule has 0 unspecified atom stereocenters. The Balaban J connectivity index is 1.71. The second-order valence-electron chi connectivity index (χ2n) is 5.12. The first-order valence-corrected chi connectivity index (χ1v) is 9.58. The molecule has 1 amide bonds. The molecule has 3 N–H and O–H groups in total. The zero-order valence-corrected chi connectivity index (χ0v) is 15.0. The van der Waals surface area contributed by atoms with Gasteiger partial charge in [0.15, 0.2) is 0 Å². The van der Waals surface area contributed by atoms with Gasteiger partial charge in [-0.1, -0.05) is 17.9 Å². The Bertz CT molecular complexity index is 1060. The van der Waals surface area contributed by atoms with Crippen molar-refractivity contribution in [2.75, 3.05) is 0 Å². The SMILES string of the molecule is C=C(C(N)=O)n1cc(CNS(=O)(=O)c2ccc(-c3ccccn3)s2)nn1. The number of nitrogens with one attached hydrogen (secondary N) is 1. The molecule has 3 aromatic heterocycles. The first-order valence-electron chi connectivity index (χ1n) is 7.28. The van der Waals surface area contributed by atoms with Crippen molar-refractivity contribution in [3.8, 4) is 10.6 Å². The number of nitrogens with two attached hydrogens (primary N) is 1. The van der Waals surface area contributed by atoms with Gasteiger partial charge in [0.25, 0.3) is 5.91 Å². The summed E-state index contributed by atoms with van der Waals surface area (Å²) in [6.07, 6.45) is 3.02. The average Bonchev–Trinajstić information content (AvgIpc) is 3.30. The Kier molecular flexibility index (Phi) is 4.93. The van der Waals surface area contributed by atoms with Gasteiger partial charge in [-0.3, -0.25) is 9.78 Å². The Hall–Kier alpha value is -2.89. The number of thiophene rings is 1. The zero-order chi connectivity index (χ0) is 18.7. The monoisotopic (exact) mass is 390 g/mol. The summed E-state index contributed by atoms with van der Waals surface area (Å²) in [5.74, 6) is -0.748. The van der Waals surface area contributed by atoms with E-state index in [1.807, 2.05) is 6.07 Å². The Morgan fingerprint density at radius 3 is 2.81 bits per heavy atom. The quantitative estimate of drug-likeness (QED) is 0.574. The van der Waals surface area contributed by atoms with Crippen molar-refractivity contribution in [3.63, 3.8) is 0 Å². The number of pyridine rings is 1. The third-order valence-electron chi connectivity index (χ3n) is 3.31. The van der Waals surface area contributed by atoms with Crippen LogP contribution >= 0.6 is 11.3 Å². The van der Waals surface area contributed by atoms with E-state index in [9.17, 15) is 13.2 Å². The highest BCUT2D eigenvalue weighted by atomic mass is 32.2. The Labute approximate surface area is 153 Å². The van der Waals surface area contributed by atoms with Crippen molar-refractivity contribution in [3.05, 3.63) is 55.0 Å². The Morgan fingerprint density at radius 1 is 1.31 bits per heavy atom. The number of carbonyl (C=O) groups excluding carboxylic acids is 1. The van der Waals surface area contributed by atoms with Gasteiger partial charge in [-0.2, -0.15) is 0 Å². The maximum atomic E-state index is 12.4. The number of hydrogen-bond acceptors (Lipinski definition) is 7. The minimum Gasteiger partial charge on any atom is -0.364 e. The second-order valence-corrected chi connectivity index (χ2v) is 8.20. The molecular weight excluding hydrogens is 376 g/mol. The molecule has 0 fully saturated rings. The summed E-state index contributed by atoms with van der Waals surface area (Å²) in [4.78, 5) is 16.0. The number of sulfonamides is 1. The highest BCUT2D eigenvalue weighted by Gasteiger charge is 2.18. The van der Waals surface area contributed by atoms with E-state index >= 15 is 0 Å². The lowest BCUT2D eigenvalue weighted by Gasteiger charge is -2.02. The van der Waals surface area contributed by atoms with E-state index in [1.54, 1.807) is 24.4 Å². The van der Waals surface area contributed by atoms with Gasteiger partial charge in [-0.15, -0.1) is 16.4 Å². The minimum absolute atomic E-state index is 0.0649. The van der Waals surface area contributed by atoms with E-state index in [-0.39, 0.29) is 16.5 Å². The smallest absolute Gasteiger partial charge is 0.266 e. The molecule has 134 valence electrons. The molecule has 0 aliphatic carbocycles. The lowest BCUT2D eigenvalue weighted by molar-refractivity contribution is -0.113. The zero-order valence-electron chi connectivity index (χ0n) is 13.4. The number of primary amides is 1. The molecule has 3 aromatic rings. The predicted octanol–water partition coefficient (Wildman–Crippen LogP) is 0.836. The molecule has 0 aliphatic rings. The summed E-state index contributed by atoms with van der Waals surface area (Å²) in [6.45, 7) is 3.38. The van der Waals surface area contributed by atoms with E-state index in [4.69, 9.17) is 5.73 Å². The molecule has 9 nitrogen and oxygen atoms in total. The molecule has 0 aromatic carbocycles. The van der Waals surface area contributed by atoms with Gasteiger partial charge in [0.1, 0.15) is 9.91 Å². The minimum atomic E-state index is -3.72. The standard InChI is InChI=1S/C15H14N6O3S2/c1-10(15(16)22)21-9-11(19-20-21)8-18-26(23,24)14-6-5-13(25-14)12-4-2-3-7-17-12/h2-7,9,18H,1,8H2,(H2,16,22). The van der Waals surface area contributed by atoms with Crippen LogP contribution in [-0.4, -0.2) is 34.3 Å². The number of aromatic nitrogens is 4. The van der Waals surface area contributed by atoms with Crippen molar-refractivity contribution in [2.24, 2.45) is 5.73 Å². The van der Waals surface area contributed by atoms with Crippen LogP contribution in [-0.2, 0) is 21.4 Å². The summed E-state index contributed by atoms with van der Waals surface area (Å²) in [5, 5.41) is 7.46. The topological polar surface area (TPSA) is 133 Å². The molecule has 0 spiro atoms. The molecule has 0 bridgehead atoms. The fraction of sp³-hybridized carbons (Fsp3) is 0.0667. The molecule has 26 heavy (non-hydrogen) atoms. The van der Waals surface area contributed by atoms with E-state index in [0.717, 1.165) is 20.9 Å². The number of rotatable bonds is 7. The second kappa shape index (κ2) is 7.15. The maximum absolute atomic E-state index is 12.4. The van der Waals surface area contributed by atoms with Gasteiger partial charge in [0, 0.05) is 6.20 Å². The number of nitrogens with zero attached hydrogens (tertiary/aromatic N) is 4. The van der Waals surface area contributed by atoms with Crippen LogP contribution in [0.5, 0.6) is 0 Å². The predicted molar refractivity (Wildman–Crippen MR) is 96.1 cm³/mol. The first-order chi connectivity index (χ1) is 12.4. The molecule has 11 heteroatoms. The van der Waals surface area contributed by atoms with Crippen molar-refractivity contribution < 1.29 is 13.2 Å². The molecule has 0 radical (unpaired) electrons. The first kappa shape index (κ1) is 17.9. The lowest BCUT2D eigenvalue weighted by atomic mass is 10.3. The summed E-state index contributed by atoms with van der Waals surface area (Å²) in [6, 6.07) is 8.64. The molecule has 0 aliphatic heterocycles. The molecule has 3 rings (SSSR count). The van der Waals surface area contributed by atoms with E-state index < -0.39 is 15.9 Å². The van der Waals surface area contributed by atoms with Crippen LogP contribution in [0.3, 0.4) is 0 Å².